The number of aromatic nitrogens is 4. The van der Waals surface area contributed by atoms with E-state index in [2.05, 4.69) is 42.5 Å². The normalized spacial score (nSPS) is 11.6. The van der Waals surface area contributed by atoms with Gasteiger partial charge in [0.25, 0.3) is 5.91 Å². The molecule has 0 unspecified atom stereocenters. The molecule has 0 aliphatic heterocycles. The van der Waals surface area contributed by atoms with Gasteiger partial charge in [0.2, 0.25) is 0 Å². The van der Waals surface area contributed by atoms with E-state index in [0.29, 0.717) is 13.0 Å². The lowest BCUT2D eigenvalue weighted by Crippen LogP contribution is -2.25. The number of carbonyl (C=O) groups excluding carboxylic acids is 1. The molecule has 0 spiro atoms. The number of nitrogens with zero attached hydrogens (tertiary/aromatic N) is 3. The third-order valence-electron chi connectivity index (χ3n) is 5.89. The van der Waals surface area contributed by atoms with Crippen LogP contribution in [-0.2, 0) is 25.7 Å². The van der Waals surface area contributed by atoms with Gasteiger partial charge in [0, 0.05) is 19.2 Å². The lowest BCUT2D eigenvalue weighted by atomic mass is 10.1. The summed E-state index contributed by atoms with van der Waals surface area (Å²) in [5.41, 5.74) is 5.93. The number of amides is 1. The predicted molar refractivity (Wildman–Crippen MR) is 126 cm³/mol. The minimum atomic E-state index is -4.67. The molecular formula is C26H26F3N5O. The van der Waals surface area contributed by atoms with E-state index >= 15 is 0 Å². The standard InChI is InChI=1S/C26H26F3N5O/c1-16-4-9-21(17(2)10-16)15-34-14-18(3)23(33-34)11-19-5-7-20(8-6-19)12-30-25(35)22-13-31-32-24(22)26(27,28)29/h4-10,13-14H,11-12,15H2,1-3H3,(H,30,35)(H,31,32). The number of aromatic amines is 1. The fourth-order valence-electron chi connectivity index (χ4n) is 3.93. The van der Waals surface area contributed by atoms with Crippen molar-refractivity contribution in [3.63, 3.8) is 0 Å². The highest BCUT2D eigenvalue weighted by atomic mass is 19.4. The molecule has 2 aromatic carbocycles. The predicted octanol–water partition coefficient (Wildman–Crippen LogP) is 5.12. The van der Waals surface area contributed by atoms with Gasteiger partial charge in [0.05, 0.1) is 24.0 Å². The van der Waals surface area contributed by atoms with Crippen LogP contribution in [0.3, 0.4) is 0 Å². The summed E-state index contributed by atoms with van der Waals surface area (Å²) in [5.74, 6) is -0.833. The van der Waals surface area contributed by atoms with Crippen molar-refractivity contribution < 1.29 is 18.0 Å². The van der Waals surface area contributed by atoms with Crippen LogP contribution in [0.15, 0.2) is 54.9 Å². The van der Waals surface area contributed by atoms with Crippen molar-refractivity contribution in [1.29, 1.82) is 0 Å². The van der Waals surface area contributed by atoms with Gasteiger partial charge in [-0.3, -0.25) is 14.6 Å². The van der Waals surface area contributed by atoms with Crippen molar-refractivity contribution >= 4 is 5.91 Å². The molecule has 0 aliphatic carbocycles. The molecule has 0 atom stereocenters. The Morgan fingerprint density at radius 1 is 1.03 bits per heavy atom. The zero-order valence-electron chi connectivity index (χ0n) is 19.7. The van der Waals surface area contributed by atoms with E-state index in [1.54, 1.807) is 0 Å². The molecule has 0 saturated carbocycles. The Morgan fingerprint density at radius 3 is 2.43 bits per heavy atom. The van der Waals surface area contributed by atoms with E-state index in [0.717, 1.165) is 28.6 Å². The summed E-state index contributed by atoms with van der Waals surface area (Å²) in [7, 11) is 0. The first-order valence-electron chi connectivity index (χ1n) is 11.2. The number of rotatable bonds is 7. The summed E-state index contributed by atoms with van der Waals surface area (Å²) in [6, 6.07) is 14.0. The second-order valence-electron chi connectivity index (χ2n) is 8.72. The third-order valence-corrected chi connectivity index (χ3v) is 5.89. The second-order valence-corrected chi connectivity index (χ2v) is 8.72. The number of carbonyl (C=O) groups is 1. The Morgan fingerprint density at radius 2 is 1.74 bits per heavy atom. The molecular weight excluding hydrogens is 455 g/mol. The van der Waals surface area contributed by atoms with E-state index in [-0.39, 0.29) is 6.54 Å². The Labute approximate surface area is 201 Å². The average molecular weight is 482 g/mol. The minimum absolute atomic E-state index is 0.102. The van der Waals surface area contributed by atoms with Crippen molar-refractivity contribution in [2.24, 2.45) is 0 Å². The van der Waals surface area contributed by atoms with Crippen LogP contribution in [0.1, 0.15) is 55.1 Å². The summed E-state index contributed by atoms with van der Waals surface area (Å²) in [6.07, 6.45) is -1.09. The second kappa shape index (κ2) is 9.77. The Balaban J connectivity index is 1.37. The number of H-pyrrole nitrogens is 1. The third kappa shape index (κ3) is 5.79. The highest BCUT2D eigenvalue weighted by molar-refractivity contribution is 5.95. The monoisotopic (exact) mass is 481 g/mol. The van der Waals surface area contributed by atoms with Crippen LogP contribution in [0, 0.1) is 20.8 Å². The summed E-state index contributed by atoms with van der Waals surface area (Å²) in [5, 5.41) is 12.5. The van der Waals surface area contributed by atoms with Crippen molar-refractivity contribution in [1.82, 2.24) is 25.3 Å². The Kier molecular flexibility index (Phi) is 6.77. The lowest BCUT2D eigenvalue weighted by molar-refractivity contribution is -0.141. The van der Waals surface area contributed by atoms with Crippen LogP contribution < -0.4 is 5.32 Å². The van der Waals surface area contributed by atoms with Gasteiger partial charge < -0.3 is 5.32 Å². The molecule has 4 rings (SSSR count). The van der Waals surface area contributed by atoms with Crippen molar-refractivity contribution in [2.45, 2.75) is 46.5 Å². The molecule has 0 bridgehead atoms. The van der Waals surface area contributed by atoms with E-state index in [9.17, 15) is 18.0 Å². The minimum Gasteiger partial charge on any atom is -0.348 e. The number of nitrogens with one attached hydrogen (secondary N) is 2. The quantitative estimate of drug-likeness (QED) is 0.385. The zero-order valence-corrected chi connectivity index (χ0v) is 19.7. The molecule has 2 N–H and O–H groups in total. The van der Waals surface area contributed by atoms with Gasteiger partial charge in [0.1, 0.15) is 0 Å². The number of aryl methyl sites for hydroxylation is 3. The van der Waals surface area contributed by atoms with E-state index in [4.69, 9.17) is 5.10 Å². The molecule has 2 heterocycles. The molecule has 0 radical (unpaired) electrons. The molecule has 182 valence electrons. The number of hydrogen-bond donors (Lipinski definition) is 2. The molecule has 0 fully saturated rings. The lowest BCUT2D eigenvalue weighted by Gasteiger charge is -2.09. The van der Waals surface area contributed by atoms with Crippen molar-refractivity contribution in [2.75, 3.05) is 0 Å². The summed E-state index contributed by atoms with van der Waals surface area (Å²) in [4.78, 5) is 12.2. The first kappa shape index (κ1) is 24.3. The van der Waals surface area contributed by atoms with Crippen LogP contribution in [0.4, 0.5) is 13.2 Å². The highest BCUT2D eigenvalue weighted by Gasteiger charge is 2.37. The Hall–Kier alpha value is -3.88. The topological polar surface area (TPSA) is 75.6 Å². The number of halogens is 3. The van der Waals surface area contributed by atoms with Gasteiger partial charge in [-0.2, -0.15) is 23.4 Å². The molecule has 35 heavy (non-hydrogen) atoms. The van der Waals surface area contributed by atoms with Gasteiger partial charge >= 0.3 is 6.18 Å². The number of hydrogen-bond acceptors (Lipinski definition) is 3. The number of benzene rings is 2. The maximum absolute atomic E-state index is 12.9. The van der Waals surface area contributed by atoms with Crippen LogP contribution in [0.25, 0.3) is 0 Å². The summed E-state index contributed by atoms with van der Waals surface area (Å²) >= 11 is 0. The average Bonchev–Trinajstić information content (AvgIpc) is 3.42. The van der Waals surface area contributed by atoms with Crippen LogP contribution in [0.5, 0.6) is 0 Å². The molecule has 2 aromatic heterocycles. The SMILES string of the molecule is Cc1ccc(Cn2cc(C)c(Cc3ccc(CNC(=O)c4cn[nH]c4C(F)(F)F)cc3)n2)c(C)c1. The van der Waals surface area contributed by atoms with E-state index in [1.807, 2.05) is 47.2 Å². The Bertz CT molecular complexity index is 1340. The smallest absolute Gasteiger partial charge is 0.348 e. The molecule has 1 amide bonds. The molecule has 0 aliphatic rings. The fraction of sp³-hybridized carbons (Fsp3) is 0.269. The highest BCUT2D eigenvalue weighted by Crippen LogP contribution is 2.30. The first-order valence-corrected chi connectivity index (χ1v) is 11.2. The van der Waals surface area contributed by atoms with Crippen molar-refractivity contribution in [3.8, 4) is 0 Å². The first-order chi connectivity index (χ1) is 16.6. The molecule has 4 aromatic rings. The van der Waals surface area contributed by atoms with Gasteiger partial charge in [-0.1, -0.05) is 48.0 Å². The fourth-order valence-corrected chi connectivity index (χ4v) is 3.93. The van der Waals surface area contributed by atoms with Crippen LogP contribution in [-0.4, -0.2) is 25.9 Å². The van der Waals surface area contributed by atoms with E-state index in [1.165, 1.54) is 16.7 Å². The summed E-state index contributed by atoms with van der Waals surface area (Å²) in [6.45, 7) is 7.03. The maximum Gasteiger partial charge on any atom is 0.433 e. The number of alkyl halides is 3. The maximum atomic E-state index is 12.9. The molecule has 9 heteroatoms. The molecule has 0 saturated heterocycles. The summed E-state index contributed by atoms with van der Waals surface area (Å²) < 4.78 is 40.8. The van der Waals surface area contributed by atoms with Crippen LogP contribution in [0.2, 0.25) is 0 Å². The van der Waals surface area contributed by atoms with Gasteiger partial charge in [-0.15, -0.1) is 0 Å². The van der Waals surface area contributed by atoms with Crippen LogP contribution >= 0.6 is 0 Å². The van der Waals surface area contributed by atoms with Gasteiger partial charge in [-0.05, 0) is 48.6 Å². The van der Waals surface area contributed by atoms with Crippen molar-refractivity contribution in [3.05, 3.63) is 105 Å². The van der Waals surface area contributed by atoms with Gasteiger partial charge in [0.15, 0.2) is 5.69 Å². The molecule has 6 nitrogen and oxygen atoms in total. The zero-order chi connectivity index (χ0) is 25.2. The largest absolute Gasteiger partial charge is 0.433 e. The van der Waals surface area contributed by atoms with Gasteiger partial charge in [-0.25, -0.2) is 0 Å². The van der Waals surface area contributed by atoms with E-state index < -0.39 is 23.3 Å².